The number of aliphatic hydroxyl groups excluding tert-OH is 1. The molecule has 1 aromatic heterocycles. The van der Waals surface area contributed by atoms with Crippen molar-refractivity contribution < 1.29 is 5.11 Å². The quantitative estimate of drug-likeness (QED) is 0.863. The third-order valence-electron chi connectivity index (χ3n) is 3.36. The maximum atomic E-state index is 9.19. The standard InChI is InChI=1S/C14H13N3O/c15-6-11-5-14(17-7-10(8-17)9-18)16-13-4-2-1-3-12(11)13/h1-5,10,18H,7-9H2. The zero-order chi connectivity index (χ0) is 12.5. The molecule has 1 aliphatic heterocycles. The van der Waals surface area contributed by atoms with Gasteiger partial charge in [-0.15, -0.1) is 0 Å². The molecule has 0 atom stereocenters. The van der Waals surface area contributed by atoms with E-state index in [2.05, 4.69) is 16.0 Å². The van der Waals surface area contributed by atoms with Crippen molar-refractivity contribution in [2.45, 2.75) is 0 Å². The molecule has 2 heterocycles. The number of hydrogen-bond donors (Lipinski definition) is 1. The van der Waals surface area contributed by atoms with E-state index in [0.29, 0.717) is 11.5 Å². The average Bonchev–Trinajstić information content (AvgIpc) is 2.36. The molecule has 0 aliphatic carbocycles. The average molecular weight is 239 g/mol. The Balaban J connectivity index is 2.02. The second-order valence-corrected chi connectivity index (χ2v) is 4.61. The summed E-state index contributed by atoms with van der Waals surface area (Å²) in [4.78, 5) is 6.66. The first-order chi connectivity index (χ1) is 8.81. The van der Waals surface area contributed by atoms with E-state index in [1.165, 1.54) is 0 Å². The lowest BCUT2D eigenvalue weighted by Crippen LogP contribution is -2.48. The number of rotatable bonds is 2. The van der Waals surface area contributed by atoms with Crippen molar-refractivity contribution in [2.75, 3.05) is 24.6 Å². The normalized spacial score (nSPS) is 15.4. The van der Waals surface area contributed by atoms with Gasteiger partial charge in [0, 0.05) is 31.0 Å². The highest BCUT2D eigenvalue weighted by molar-refractivity contribution is 5.86. The van der Waals surface area contributed by atoms with Crippen LogP contribution in [0.2, 0.25) is 0 Å². The number of nitriles is 1. The van der Waals surface area contributed by atoms with Gasteiger partial charge in [0.15, 0.2) is 0 Å². The topological polar surface area (TPSA) is 60.2 Å². The number of aliphatic hydroxyl groups is 1. The first-order valence-corrected chi connectivity index (χ1v) is 5.97. The lowest BCUT2D eigenvalue weighted by atomic mass is 10.0. The summed E-state index contributed by atoms with van der Waals surface area (Å²) >= 11 is 0. The predicted molar refractivity (Wildman–Crippen MR) is 69.2 cm³/mol. The van der Waals surface area contributed by atoms with Crippen LogP contribution in [0.1, 0.15) is 5.56 Å². The zero-order valence-corrected chi connectivity index (χ0v) is 9.87. The molecule has 0 amide bonds. The number of anilines is 1. The highest BCUT2D eigenvalue weighted by atomic mass is 16.3. The SMILES string of the molecule is N#Cc1cc(N2CC(CO)C2)nc2ccccc12. The summed E-state index contributed by atoms with van der Waals surface area (Å²) in [5.74, 6) is 1.17. The van der Waals surface area contributed by atoms with Gasteiger partial charge in [0.05, 0.1) is 17.1 Å². The van der Waals surface area contributed by atoms with Gasteiger partial charge in [0.2, 0.25) is 0 Å². The van der Waals surface area contributed by atoms with Gasteiger partial charge in [0.1, 0.15) is 5.82 Å². The first-order valence-electron chi connectivity index (χ1n) is 5.97. The Labute approximate surface area is 105 Å². The van der Waals surface area contributed by atoms with Gasteiger partial charge in [-0.2, -0.15) is 5.26 Å². The predicted octanol–water partition coefficient (Wildman–Crippen LogP) is 1.53. The summed E-state index contributed by atoms with van der Waals surface area (Å²) in [5, 5.41) is 19.1. The fourth-order valence-electron chi connectivity index (χ4n) is 2.29. The van der Waals surface area contributed by atoms with Crippen molar-refractivity contribution in [3.05, 3.63) is 35.9 Å². The fraction of sp³-hybridized carbons (Fsp3) is 0.286. The summed E-state index contributed by atoms with van der Waals surface area (Å²) in [6.07, 6.45) is 0. The van der Waals surface area contributed by atoms with E-state index in [4.69, 9.17) is 5.11 Å². The molecular weight excluding hydrogens is 226 g/mol. The Morgan fingerprint density at radius 3 is 2.89 bits per heavy atom. The van der Waals surface area contributed by atoms with E-state index in [-0.39, 0.29) is 6.61 Å². The summed E-state index contributed by atoms with van der Waals surface area (Å²) in [7, 11) is 0. The molecule has 4 nitrogen and oxygen atoms in total. The van der Waals surface area contributed by atoms with E-state index in [1.807, 2.05) is 30.3 Å². The lowest BCUT2D eigenvalue weighted by Gasteiger charge is -2.39. The molecule has 3 rings (SSSR count). The summed E-state index contributed by atoms with van der Waals surface area (Å²) in [6, 6.07) is 11.7. The highest BCUT2D eigenvalue weighted by Gasteiger charge is 2.27. The molecule has 0 unspecified atom stereocenters. The van der Waals surface area contributed by atoms with Crippen molar-refractivity contribution in [1.29, 1.82) is 5.26 Å². The number of benzene rings is 1. The minimum absolute atomic E-state index is 0.217. The van der Waals surface area contributed by atoms with Crippen LogP contribution < -0.4 is 4.90 Å². The fourth-order valence-corrected chi connectivity index (χ4v) is 2.29. The van der Waals surface area contributed by atoms with Gasteiger partial charge in [-0.3, -0.25) is 0 Å². The molecule has 1 saturated heterocycles. The van der Waals surface area contributed by atoms with Crippen LogP contribution in [-0.2, 0) is 0 Å². The molecule has 1 fully saturated rings. The van der Waals surface area contributed by atoms with E-state index < -0.39 is 0 Å². The summed E-state index contributed by atoms with van der Waals surface area (Å²) in [6.45, 7) is 1.84. The second-order valence-electron chi connectivity index (χ2n) is 4.61. The molecule has 2 aromatic rings. The number of pyridine rings is 1. The maximum Gasteiger partial charge on any atom is 0.130 e. The minimum atomic E-state index is 0.217. The second kappa shape index (κ2) is 4.28. The molecule has 18 heavy (non-hydrogen) atoms. The Kier molecular flexibility index (Phi) is 2.62. The van der Waals surface area contributed by atoms with Crippen LogP contribution in [-0.4, -0.2) is 29.8 Å². The third-order valence-corrected chi connectivity index (χ3v) is 3.36. The molecule has 1 aliphatic rings. The summed E-state index contributed by atoms with van der Waals surface area (Å²) < 4.78 is 0. The lowest BCUT2D eigenvalue weighted by molar-refractivity contribution is 0.200. The van der Waals surface area contributed by atoms with Crippen LogP contribution in [0.25, 0.3) is 10.9 Å². The number of fused-ring (bicyclic) bond motifs is 1. The van der Waals surface area contributed by atoms with E-state index >= 15 is 0 Å². The van der Waals surface area contributed by atoms with Crippen molar-refractivity contribution in [3.8, 4) is 6.07 Å². The van der Waals surface area contributed by atoms with Gasteiger partial charge in [0.25, 0.3) is 0 Å². The van der Waals surface area contributed by atoms with Crippen molar-refractivity contribution in [1.82, 2.24) is 4.98 Å². The van der Waals surface area contributed by atoms with Crippen molar-refractivity contribution >= 4 is 16.7 Å². The molecule has 0 spiro atoms. The molecule has 1 N–H and O–H groups in total. The molecule has 0 bridgehead atoms. The first kappa shape index (κ1) is 11.0. The van der Waals surface area contributed by atoms with Gasteiger partial charge >= 0.3 is 0 Å². The van der Waals surface area contributed by atoms with E-state index in [9.17, 15) is 5.26 Å². The van der Waals surface area contributed by atoms with Crippen LogP contribution >= 0.6 is 0 Å². The van der Waals surface area contributed by atoms with Crippen LogP contribution in [0, 0.1) is 17.2 Å². The van der Waals surface area contributed by atoms with Crippen LogP contribution in [0.15, 0.2) is 30.3 Å². The monoisotopic (exact) mass is 239 g/mol. The number of hydrogen-bond acceptors (Lipinski definition) is 4. The molecule has 4 heteroatoms. The van der Waals surface area contributed by atoms with Crippen molar-refractivity contribution in [2.24, 2.45) is 5.92 Å². The zero-order valence-electron chi connectivity index (χ0n) is 9.87. The summed E-state index contributed by atoms with van der Waals surface area (Å²) in [5.41, 5.74) is 1.50. The molecule has 90 valence electrons. The number of nitrogens with zero attached hydrogens (tertiary/aromatic N) is 3. The maximum absolute atomic E-state index is 9.19. The van der Waals surface area contributed by atoms with Gasteiger partial charge in [-0.1, -0.05) is 18.2 Å². The molecule has 0 saturated carbocycles. The van der Waals surface area contributed by atoms with Gasteiger partial charge in [-0.25, -0.2) is 4.98 Å². The smallest absolute Gasteiger partial charge is 0.130 e. The van der Waals surface area contributed by atoms with E-state index in [0.717, 1.165) is 29.8 Å². The largest absolute Gasteiger partial charge is 0.396 e. The molecule has 1 aromatic carbocycles. The Bertz CT molecular complexity index is 626. The Morgan fingerprint density at radius 1 is 1.39 bits per heavy atom. The van der Waals surface area contributed by atoms with Crippen LogP contribution in [0.4, 0.5) is 5.82 Å². The number of aromatic nitrogens is 1. The van der Waals surface area contributed by atoms with Crippen LogP contribution in [0.5, 0.6) is 0 Å². The third kappa shape index (κ3) is 1.69. The number of para-hydroxylation sites is 1. The molecule has 0 radical (unpaired) electrons. The Hall–Kier alpha value is -2.12. The highest BCUT2D eigenvalue weighted by Crippen LogP contribution is 2.27. The van der Waals surface area contributed by atoms with Gasteiger partial charge < -0.3 is 10.0 Å². The van der Waals surface area contributed by atoms with Gasteiger partial charge in [-0.05, 0) is 12.1 Å². The molecular formula is C14H13N3O. The van der Waals surface area contributed by atoms with Crippen LogP contribution in [0.3, 0.4) is 0 Å². The Morgan fingerprint density at radius 2 is 2.17 bits per heavy atom. The minimum Gasteiger partial charge on any atom is -0.396 e. The van der Waals surface area contributed by atoms with E-state index in [1.54, 1.807) is 0 Å². The van der Waals surface area contributed by atoms with Crippen molar-refractivity contribution in [3.63, 3.8) is 0 Å².